The summed E-state index contributed by atoms with van der Waals surface area (Å²) in [4.78, 5) is 2.56. The Hall–Kier alpha value is -0.0800. The minimum atomic E-state index is 0.693. The second-order valence-electron chi connectivity index (χ2n) is 4.62. The minimum Gasteiger partial charge on any atom is -0.383 e. The molecule has 0 amide bonds. The molecule has 0 radical (unpaired) electrons. The standard InChI is InChI=1S/C11H21NO/c1-12-10(8-13-2)7-9-5-3-4-6-11(9)12/h9-11H,3-8H2,1-2H3/t9-,10-,11?/m0/s1. The van der Waals surface area contributed by atoms with Crippen LogP contribution in [0, 0.1) is 5.92 Å². The summed E-state index contributed by atoms with van der Waals surface area (Å²) in [5.74, 6) is 0.971. The van der Waals surface area contributed by atoms with Gasteiger partial charge in [0.05, 0.1) is 6.61 Å². The highest BCUT2D eigenvalue weighted by Crippen LogP contribution is 2.38. The molecule has 0 bridgehead atoms. The van der Waals surface area contributed by atoms with Crippen molar-refractivity contribution in [3.05, 3.63) is 0 Å². The number of likely N-dealkylation sites (N-methyl/N-ethyl adjacent to an activating group) is 1. The second-order valence-corrected chi connectivity index (χ2v) is 4.62. The third kappa shape index (κ3) is 1.75. The third-order valence-corrected chi connectivity index (χ3v) is 3.90. The Labute approximate surface area is 81.3 Å². The molecule has 1 aliphatic carbocycles. The van der Waals surface area contributed by atoms with Crippen molar-refractivity contribution in [2.24, 2.45) is 5.92 Å². The van der Waals surface area contributed by atoms with Crippen LogP contribution in [0.4, 0.5) is 0 Å². The zero-order valence-electron chi connectivity index (χ0n) is 8.83. The molecule has 2 rings (SSSR count). The van der Waals surface area contributed by atoms with Gasteiger partial charge in [0, 0.05) is 19.2 Å². The molecule has 1 saturated carbocycles. The normalized spacial score (nSPS) is 40.6. The van der Waals surface area contributed by atoms with Crippen molar-refractivity contribution in [2.75, 3.05) is 20.8 Å². The van der Waals surface area contributed by atoms with Crippen molar-refractivity contribution in [3.63, 3.8) is 0 Å². The molecule has 1 aliphatic heterocycles. The molecule has 0 aromatic carbocycles. The lowest BCUT2D eigenvalue weighted by atomic mass is 9.85. The van der Waals surface area contributed by atoms with Crippen LogP contribution >= 0.6 is 0 Å². The summed E-state index contributed by atoms with van der Waals surface area (Å²) in [5, 5.41) is 0. The molecule has 0 N–H and O–H groups in total. The fourth-order valence-electron chi connectivity index (χ4n) is 3.16. The van der Waals surface area contributed by atoms with Crippen LogP contribution in [0.3, 0.4) is 0 Å². The van der Waals surface area contributed by atoms with E-state index < -0.39 is 0 Å². The molecule has 0 aromatic heterocycles. The maximum atomic E-state index is 5.26. The average Bonchev–Trinajstić information content (AvgIpc) is 2.46. The van der Waals surface area contributed by atoms with Gasteiger partial charge in [0.25, 0.3) is 0 Å². The molecule has 1 unspecified atom stereocenters. The number of fused-ring (bicyclic) bond motifs is 1. The largest absolute Gasteiger partial charge is 0.383 e. The molecule has 2 aliphatic rings. The molecule has 13 heavy (non-hydrogen) atoms. The molecule has 1 heterocycles. The van der Waals surface area contributed by atoms with E-state index >= 15 is 0 Å². The molecule has 0 aromatic rings. The molecule has 2 heteroatoms. The minimum absolute atomic E-state index is 0.693. The van der Waals surface area contributed by atoms with Gasteiger partial charge in [0.2, 0.25) is 0 Å². The van der Waals surface area contributed by atoms with E-state index in [9.17, 15) is 0 Å². The van der Waals surface area contributed by atoms with E-state index in [1.807, 2.05) is 7.11 Å². The Morgan fingerprint density at radius 1 is 1.31 bits per heavy atom. The third-order valence-electron chi connectivity index (χ3n) is 3.90. The van der Waals surface area contributed by atoms with Crippen LogP contribution in [-0.2, 0) is 4.74 Å². The first kappa shape index (κ1) is 9.47. The predicted molar refractivity (Wildman–Crippen MR) is 53.8 cm³/mol. The topological polar surface area (TPSA) is 12.5 Å². The highest BCUT2D eigenvalue weighted by molar-refractivity contribution is 4.93. The van der Waals surface area contributed by atoms with Gasteiger partial charge in [-0.05, 0) is 32.2 Å². The number of hydrogen-bond acceptors (Lipinski definition) is 2. The van der Waals surface area contributed by atoms with Crippen LogP contribution in [0.15, 0.2) is 0 Å². The molecule has 76 valence electrons. The van der Waals surface area contributed by atoms with Crippen LogP contribution in [0.25, 0.3) is 0 Å². The van der Waals surface area contributed by atoms with E-state index in [0.717, 1.165) is 18.6 Å². The summed E-state index contributed by atoms with van der Waals surface area (Å²) in [6.07, 6.45) is 7.13. The quantitative estimate of drug-likeness (QED) is 0.648. The van der Waals surface area contributed by atoms with Crippen molar-refractivity contribution >= 4 is 0 Å². The van der Waals surface area contributed by atoms with Gasteiger partial charge >= 0.3 is 0 Å². The Bertz CT molecular complexity index is 171. The first-order chi connectivity index (χ1) is 6.33. The van der Waals surface area contributed by atoms with Gasteiger partial charge in [0.15, 0.2) is 0 Å². The molecule has 2 fully saturated rings. The first-order valence-corrected chi connectivity index (χ1v) is 5.54. The number of hydrogen-bond donors (Lipinski definition) is 0. The monoisotopic (exact) mass is 183 g/mol. The first-order valence-electron chi connectivity index (χ1n) is 5.54. The van der Waals surface area contributed by atoms with Crippen LogP contribution < -0.4 is 0 Å². The maximum Gasteiger partial charge on any atom is 0.0618 e. The number of nitrogens with zero attached hydrogens (tertiary/aromatic N) is 1. The number of ether oxygens (including phenoxy) is 1. The van der Waals surface area contributed by atoms with Crippen LogP contribution in [-0.4, -0.2) is 37.7 Å². The summed E-state index contributed by atoms with van der Waals surface area (Å²) in [5.41, 5.74) is 0. The average molecular weight is 183 g/mol. The number of rotatable bonds is 2. The van der Waals surface area contributed by atoms with Crippen molar-refractivity contribution in [2.45, 2.75) is 44.2 Å². The van der Waals surface area contributed by atoms with Crippen LogP contribution in [0.1, 0.15) is 32.1 Å². The van der Waals surface area contributed by atoms with Crippen molar-refractivity contribution in [3.8, 4) is 0 Å². The van der Waals surface area contributed by atoms with Gasteiger partial charge in [-0.2, -0.15) is 0 Å². The summed E-state index contributed by atoms with van der Waals surface area (Å²) >= 11 is 0. The summed E-state index contributed by atoms with van der Waals surface area (Å²) < 4.78 is 5.26. The Balaban J connectivity index is 1.96. The second kappa shape index (κ2) is 3.97. The van der Waals surface area contributed by atoms with E-state index in [1.54, 1.807) is 0 Å². The maximum absolute atomic E-state index is 5.26. The molecule has 3 atom stereocenters. The highest BCUT2D eigenvalue weighted by atomic mass is 16.5. The summed E-state index contributed by atoms with van der Waals surface area (Å²) in [6.45, 7) is 0.920. The Kier molecular flexibility index (Phi) is 2.89. The predicted octanol–water partition coefficient (Wildman–Crippen LogP) is 1.90. The fourth-order valence-corrected chi connectivity index (χ4v) is 3.16. The summed E-state index contributed by atoms with van der Waals surface area (Å²) in [7, 11) is 4.09. The van der Waals surface area contributed by atoms with Crippen molar-refractivity contribution in [1.29, 1.82) is 0 Å². The van der Waals surface area contributed by atoms with Crippen molar-refractivity contribution in [1.82, 2.24) is 4.90 Å². The van der Waals surface area contributed by atoms with E-state index in [4.69, 9.17) is 4.74 Å². The van der Waals surface area contributed by atoms with E-state index in [1.165, 1.54) is 32.1 Å². The number of methoxy groups -OCH3 is 1. The van der Waals surface area contributed by atoms with E-state index in [0.29, 0.717) is 6.04 Å². The lowest BCUT2D eigenvalue weighted by Crippen LogP contribution is -2.37. The highest BCUT2D eigenvalue weighted by Gasteiger charge is 2.39. The zero-order valence-corrected chi connectivity index (χ0v) is 8.83. The van der Waals surface area contributed by atoms with Crippen LogP contribution in [0.2, 0.25) is 0 Å². The van der Waals surface area contributed by atoms with Gasteiger partial charge in [0.1, 0.15) is 0 Å². The lowest BCUT2D eigenvalue weighted by Gasteiger charge is -2.30. The summed E-state index contributed by atoms with van der Waals surface area (Å²) in [6, 6.07) is 1.56. The van der Waals surface area contributed by atoms with E-state index in [-0.39, 0.29) is 0 Å². The lowest BCUT2D eigenvalue weighted by molar-refractivity contribution is 0.107. The molecule has 1 saturated heterocycles. The Morgan fingerprint density at radius 3 is 2.77 bits per heavy atom. The molecule has 2 nitrogen and oxygen atoms in total. The van der Waals surface area contributed by atoms with Gasteiger partial charge in [-0.15, -0.1) is 0 Å². The SMILES string of the molecule is COC[C@@H]1C[C@@H]2CCCCC2N1C. The molecular formula is C11H21NO. The van der Waals surface area contributed by atoms with E-state index in [2.05, 4.69) is 11.9 Å². The van der Waals surface area contributed by atoms with Crippen molar-refractivity contribution < 1.29 is 4.74 Å². The van der Waals surface area contributed by atoms with Crippen LogP contribution in [0.5, 0.6) is 0 Å². The van der Waals surface area contributed by atoms with Gasteiger partial charge in [-0.3, -0.25) is 4.90 Å². The van der Waals surface area contributed by atoms with Gasteiger partial charge in [-0.25, -0.2) is 0 Å². The number of likely N-dealkylation sites (tertiary alicyclic amines) is 1. The zero-order chi connectivity index (χ0) is 9.26. The smallest absolute Gasteiger partial charge is 0.0618 e. The molecular weight excluding hydrogens is 162 g/mol. The molecule has 0 spiro atoms. The Morgan fingerprint density at radius 2 is 2.08 bits per heavy atom. The van der Waals surface area contributed by atoms with Gasteiger partial charge < -0.3 is 4.74 Å². The van der Waals surface area contributed by atoms with Gasteiger partial charge in [-0.1, -0.05) is 12.8 Å². The fraction of sp³-hybridized carbons (Fsp3) is 1.00.